The Kier molecular flexibility index (Phi) is 7.19. The van der Waals surface area contributed by atoms with Crippen LogP contribution in [-0.4, -0.2) is 46.5 Å². The number of ether oxygens (including phenoxy) is 1. The molecule has 0 bridgehead atoms. The van der Waals surface area contributed by atoms with Gasteiger partial charge in [-0.2, -0.15) is 5.10 Å². The van der Waals surface area contributed by atoms with Gasteiger partial charge >= 0.3 is 0 Å². The highest BCUT2D eigenvalue weighted by atomic mass is 16.5. The van der Waals surface area contributed by atoms with Crippen LogP contribution in [0.1, 0.15) is 70.9 Å². The fourth-order valence-corrected chi connectivity index (χ4v) is 4.33. The van der Waals surface area contributed by atoms with Gasteiger partial charge in [0.1, 0.15) is 17.8 Å². The Morgan fingerprint density at radius 1 is 1.28 bits per heavy atom. The van der Waals surface area contributed by atoms with Crippen molar-refractivity contribution in [2.24, 2.45) is 5.10 Å². The molecule has 8 nitrogen and oxygen atoms in total. The molecule has 3 N–H and O–H groups in total. The van der Waals surface area contributed by atoms with Gasteiger partial charge in [-0.25, -0.2) is 5.43 Å². The van der Waals surface area contributed by atoms with E-state index in [2.05, 4.69) is 75.5 Å². The molecule has 3 heterocycles. The van der Waals surface area contributed by atoms with E-state index >= 15 is 0 Å². The van der Waals surface area contributed by atoms with E-state index in [0.717, 1.165) is 43.9 Å². The number of fused-ring (bicyclic) bond motifs is 3. The van der Waals surface area contributed by atoms with Crippen molar-refractivity contribution in [2.45, 2.75) is 83.6 Å². The predicted octanol–water partition coefficient (Wildman–Crippen LogP) is 3.21. The van der Waals surface area contributed by atoms with Crippen molar-refractivity contribution in [1.82, 2.24) is 26.1 Å². The van der Waals surface area contributed by atoms with Crippen molar-refractivity contribution in [2.75, 3.05) is 6.61 Å². The van der Waals surface area contributed by atoms with Crippen molar-refractivity contribution in [3.8, 4) is 5.75 Å². The normalized spacial score (nSPS) is 24.5. The van der Waals surface area contributed by atoms with E-state index < -0.39 is 0 Å². The summed E-state index contributed by atoms with van der Waals surface area (Å²) in [7, 11) is 0. The average molecular weight is 441 g/mol. The Hall–Kier alpha value is -2.74. The molecule has 3 aliphatic rings. The topological polar surface area (TPSA) is 81.2 Å². The number of nitrogens with zero attached hydrogens (tertiary/aromatic N) is 3. The molecule has 1 aromatic carbocycles. The molecular formula is C24H36N6O2. The maximum atomic E-state index is 12.2. The van der Waals surface area contributed by atoms with Gasteiger partial charge in [0.2, 0.25) is 5.91 Å². The van der Waals surface area contributed by atoms with Gasteiger partial charge in [-0.1, -0.05) is 32.4 Å². The highest BCUT2D eigenvalue weighted by Gasteiger charge is 2.44. The minimum absolute atomic E-state index is 0.0711. The number of unbranched alkanes of at least 4 members (excludes halogenated alkanes) is 1. The Labute approximate surface area is 191 Å². The van der Waals surface area contributed by atoms with E-state index in [4.69, 9.17) is 4.74 Å². The lowest BCUT2D eigenvalue weighted by molar-refractivity contribution is -0.121. The Morgan fingerprint density at radius 3 is 2.84 bits per heavy atom. The van der Waals surface area contributed by atoms with Crippen molar-refractivity contribution in [3.05, 3.63) is 42.2 Å². The predicted molar refractivity (Wildman–Crippen MR) is 125 cm³/mol. The lowest BCUT2D eigenvalue weighted by Crippen LogP contribution is -2.54. The molecule has 1 aromatic rings. The van der Waals surface area contributed by atoms with Crippen LogP contribution in [0.4, 0.5) is 0 Å². The number of hydrogen-bond acceptors (Lipinski definition) is 7. The van der Waals surface area contributed by atoms with E-state index in [9.17, 15) is 4.79 Å². The Balaban J connectivity index is 1.31. The largest absolute Gasteiger partial charge is 0.494 e. The van der Waals surface area contributed by atoms with Crippen molar-refractivity contribution < 1.29 is 9.53 Å². The minimum atomic E-state index is 0.0711. The van der Waals surface area contributed by atoms with Gasteiger partial charge in [-0.05, 0) is 43.9 Å². The lowest BCUT2D eigenvalue weighted by atomic mass is 9.99. The molecular weight excluding hydrogens is 404 g/mol. The smallest absolute Gasteiger partial charge is 0.220 e. The molecule has 0 aromatic heterocycles. The first-order valence-electron chi connectivity index (χ1n) is 11.9. The van der Waals surface area contributed by atoms with Crippen molar-refractivity contribution in [1.29, 1.82) is 0 Å². The van der Waals surface area contributed by atoms with Gasteiger partial charge in [-0.15, -0.1) is 0 Å². The molecule has 1 amide bonds. The second-order valence-corrected chi connectivity index (χ2v) is 8.85. The summed E-state index contributed by atoms with van der Waals surface area (Å²) in [4.78, 5) is 14.3. The van der Waals surface area contributed by atoms with E-state index in [1.807, 2.05) is 13.1 Å². The van der Waals surface area contributed by atoms with E-state index in [1.165, 1.54) is 5.56 Å². The second-order valence-electron chi connectivity index (χ2n) is 8.85. The molecule has 32 heavy (non-hydrogen) atoms. The summed E-state index contributed by atoms with van der Waals surface area (Å²) >= 11 is 0. The molecule has 8 heteroatoms. The fourth-order valence-electron chi connectivity index (χ4n) is 4.33. The van der Waals surface area contributed by atoms with Crippen LogP contribution in [0.5, 0.6) is 5.75 Å². The number of rotatable bonds is 10. The molecule has 174 valence electrons. The minimum Gasteiger partial charge on any atom is -0.494 e. The van der Waals surface area contributed by atoms with Crippen LogP contribution >= 0.6 is 0 Å². The number of amidine groups is 1. The zero-order chi connectivity index (χ0) is 22.5. The summed E-state index contributed by atoms with van der Waals surface area (Å²) in [5.41, 5.74) is 8.16. The number of benzene rings is 1. The molecule has 0 radical (unpaired) electrons. The van der Waals surface area contributed by atoms with Gasteiger partial charge in [-0.3, -0.25) is 10.2 Å². The maximum Gasteiger partial charge on any atom is 0.220 e. The molecule has 0 spiro atoms. The SMILES string of the molecule is CCCCOc1ccc(C2CC3C4NN=C(CCC(=O)N[C@H](C)CC)N4C=CN3N2)cc1. The summed E-state index contributed by atoms with van der Waals surface area (Å²) in [5, 5.41) is 9.75. The first-order valence-corrected chi connectivity index (χ1v) is 11.9. The number of hydrazine groups is 1. The molecule has 1 saturated heterocycles. The first-order chi connectivity index (χ1) is 15.6. The van der Waals surface area contributed by atoms with Gasteiger partial charge in [0.25, 0.3) is 0 Å². The highest BCUT2D eigenvalue weighted by molar-refractivity contribution is 5.89. The van der Waals surface area contributed by atoms with E-state index in [-0.39, 0.29) is 30.2 Å². The molecule has 4 atom stereocenters. The van der Waals surface area contributed by atoms with E-state index in [1.54, 1.807) is 0 Å². The third-order valence-corrected chi connectivity index (χ3v) is 6.46. The molecule has 0 saturated carbocycles. The maximum absolute atomic E-state index is 12.2. The molecule has 3 aliphatic heterocycles. The average Bonchev–Trinajstić information content (AvgIpc) is 3.42. The van der Waals surface area contributed by atoms with E-state index in [0.29, 0.717) is 12.8 Å². The Morgan fingerprint density at radius 2 is 2.09 bits per heavy atom. The number of carbonyl (C=O) groups excluding carboxylic acids is 1. The monoisotopic (exact) mass is 440 g/mol. The second kappa shape index (κ2) is 10.3. The summed E-state index contributed by atoms with van der Waals surface area (Å²) in [6, 6.07) is 9.12. The standard InChI is InChI=1S/C24H36N6O2/c1-4-6-15-32-19-9-7-18(8-10-19)20-16-21-24-27-26-22(29(24)13-14-30(21)28-20)11-12-23(31)25-17(3)5-2/h7-10,13-14,17,20-21,24,27-28H,4-6,11-12,15-16H2,1-3H3,(H,25,31)/t17-,20?,21?,24?/m1/s1. The summed E-state index contributed by atoms with van der Waals surface area (Å²) in [6.07, 6.45) is 9.38. The van der Waals surface area contributed by atoms with Gasteiger partial charge in [0.05, 0.1) is 18.7 Å². The van der Waals surface area contributed by atoms with Crippen LogP contribution in [-0.2, 0) is 4.79 Å². The fraction of sp³-hybridized carbons (Fsp3) is 0.583. The zero-order valence-electron chi connectivity index (χ0n) is 19.4. The molecule has 3 unspecified atom stereocenters. The number of amides is 1. The van der Waals surface area contributed by atoms with Crippen LogP contribution in [0.2, 0.25) is 0 Å². The van der Waals surface area contributed by atoms with Crippen LogP contribution < -0.4 is 20.9 Å². The van der Waals surface area contributed by atoms with Gasteiger partial charge in [0, 0.05) is 31.3 Å². The third kappa shape index (κ3) is 5.01. The zero-order valence-corrected chi connectivity index (χ0v) is 19.4. The van der Waals surface area contributed by atoms with Crippen molar-refractivity contribution >= 4 is 11.7 Å². The number of carbonyl (C=O) groups is 1. The summed E-state index contributed by atoms with van der Waals surface area (Å²) in [6.45, 7) is 7.04. The van der Waals surface area contributed by atoms with Gasteiger partial charge in [0.15, 0.2) is 0 Å². The summed E-state index contributed by atoms with van der Waals surface area (Å²) < 4.78 is 5.79. The quantitative estimate of drug-likeness (QED) is 0.485. The number of hydrazone groups is 1. The van der Waals surface area contributed by atoms with Crippen LogP contribution in [0.3, 0.4) is 0 Å². The Bertz CT molecular complexity index is 839. The number of nitrogens with one attached hydrogen (secondary N) is 3. The lowest BCUT2D eigenvalue weighted by Gasteiger charge is -2.37. The molecule has 0 aliphatic carbocycles. The summed E-state index contributed by atoms with van der Waals surface area (Å²) in [5.74, 6) is 1.93. The van der Waals surface area contributed by atoms with Crippen LogP contribution in [0, 0.1) is 0 Å². The highest BCUT2D eigenvalue weighted by Crippen LogP contribution is 2.34. The van der Waals surface area contributed by atoms with Crippen LogP contribution in [0.25, 0.3) is 0 Å². The first kappa shape index (κ1) is 22.5. The number of hydrogen-bond donors (Lipinski definition) is 3. The van der Waals surface area contributed by atoms with Crippen LogP contribution in [0.15, 0.2) is 41.8 Å². The molecule has 4 rings (SSSR count). The van der Waals surface area contributed by atoms with Gasteiger partial charge < -0.3 is 20.0 Å². The van der Waals surface area contributed by atoms with Crippen molar-refractivity contribution in [3.63, 3.8) is 0 Å². The molecule has 1 fully saturated rings. The third-order valence-electron chi connectivity index (χ3n) is 6.46.